The minimum Gasteiger partial charge on any atom is -0.504 e. The molecule has 0 aromatic rings. The highest BCUT2D eigenvalue weighted by Crippen LogP contribution is 2.05. The van der Waals surface area contributed by atoms with Crippen LogP contribution in [0.4, 0.5) is 0 Å². The van der Waals surface area contributed by atoms with Gasteiger partial charge in [0.2, 0.25) is 5.76 Å². The van der Waals surface area contributed by atoms with Crippen molar-refractivity contribution >= 4 is 5.78 Å². The van der Waals surface area contributed by atoms with Gasteiger partial charge in [-0.05, 0) is 0 Å². The summed E-state index contributed by atoms with van der Waals surface area (Å²) in [6.45, 7) is 7.46. The van der Waals surface area contributed by atoms with Crippen LogP contribution in [0.5, 0.6) is 0 Å². The molecule has 0 aliphatic heterocycles. The predicted molar refractivity (Wildman–Crippen MR) is 42.6 cm³/mol. The van der Waals surface area contributed by atoms with Gasteiger partial charge in [-0.2, -0.15) is 5.11 Å². The van der Waals surface area contributed by atoms with Crippen molar-refractivity contribution in [3.05, 3.63) is 22.9 Å². The molecule has 5 nitrogen and oxygen atoms in total. The second-order valence-corrected chi connectivity index (χ2v) is 1.97. The number of aliphatic hydroxyl groups is 1. The smallest absolute Gasteiger partial charge is 0.273 e. The maximum atomic E-state index is 10.8. The normalized spacial score (nSPS) is 12.4. The second-order valence-electron chi connectivity index (χ2n) is 1.97. The molecule has 12 heavy (non-hydrogen) atoms. The summed E-state index contributed by atoms with van der Waals surface area (Å²) in [5, 5.41) is 15.8. The van der Waals surface area contributed by atoms with Crippen LogP contribution in [0.1, 0.15) is 6.92 Å². The molecule has 0 aliphatic rings. The van der Waals surface area contributed by atoms with Crippen LogP contribution in [-0.2, 0) is 4.79 Å². The van der Waals surface area contributed by atoms with Gasteiger partial charge in [-0.15, -0.1) is 5.11 Å². The van der Waals surface area contributed by atoms with Crippen molar-refractivity contribution < 1.29 is 9.90 Å². The van der Waals surface area contributed by atoms with Crippen molar-refractivity contribution in [2.45, 2.75) is 6.92 Å². The summed E-state index contributed by atoms with van der Waals surface area (Å²) < 4.78 is 0. The molecule has 1 N–H and O–H groups in total. The van der Waals surface area contributed by atoms with E-state index in [9.17, 15) is 4.79 Å². The SMILES string of the molecule is [C-]#[N+]C/C(O)=C(\N=NC)C(C)=O. The lowest BCUT2D eigenvalue weighted by Gasteiger charge is -1.94. The third-order valence-electron chi connectivity index (χ3n) is 1.04. The standard InChI is InChI=1S/C7H9N3O2/c1-5(11)7(10-9-3)6(12)4-8-2/h12H,4H2,1,3H3/b7-6+,10-9?. The molecule has 0 amide bonds. The van der Waals surface area contributed by atoms with E-state index in [0.717, 1.165) is 0 Å². The molecule has 0 saturated heterocycles. The molecule has 0 atom stereocenters. The molecule has 0 saturated carbocycles. The number of allylic oxidation sites excluding steroid dienone is 1. The highest BCUT2D eigenvalue weighted by atomic mass is 16.3. The Bertz CT molecular complexity index is 273. The van der Waals surface area contributed by atoms with Crippen LogP contribution in [0, 0.1) is 6.57 Å². The number of Topliss-reactive ketones (excluding diaryl/α,β-unsaturated/α-hetero) is 1. The summed E-state index contributed by atoms with van der Waals surface area (Å²) in [7, 11) is 1.38. The van der Waals surface area contributed by atoms with Crippen LogP contribution in [0.2, 0.25) is 0 Å². The number of aliphatic hydroxyl groups excluding tert-OH is 1. The van der Waals surface area contributed by atoms with Crippen LogP contribution >= 0.6 is 0 Å². The van der Waals surface area contributed by atoms with Gasteiger partial charge < -0.3 is 9.95 Å². The fourth-order valence-electron chi connectivity index (χ4n) is 0.581. The highest BCUT2D eigenvalue weighted by Gasteiger charge is 2.11. The molecule has 0 aromatic carbocycles. The van der Waals surface area contributed by atoms with E-state index in [4.69, 9.17) is 11.7 Å². The minimum atomic E-state index is -0.401. The number of azo groups is 1. The zero-order valence-electron chi connectivity index (χ0n) is 6.90. The number of nitrogens with zero attached hydrogens (tertiary/aromatic N) is 3. The molecule has 64 valence electrons. The molecule has 0 aliphatic carbocycles. The van der Waals surface area contributed by atoms with Gasteiger partial charge in [-0.25, -0.2) is 6.57 Å². The second kappa shape index (κ2) is 5.02. The Labute approximate surface area is 70.2 Å². The molecule has 0 radical (unpaired) electrons. The molecule has 0 heterocycles. The first kappa shape index (κ1) is 10.3. The number of ketones is 1. The predicted octanol–water partition coefficient (Wildman–Crippen LogP) is 1.35. The van der Waals surface area contributed by atoms with Crippen molar-refractivity contribution in [3.8, 4) is 0 Å². The number of carbonyl (C=O) groups is 1. The molecule has 0 spiro atoms. The largest absolute Gasteiger partial charge is 0.504 e. The van der Waals surface area contributed by atoms with E-state index in [1.807, 2.05) is 0 Å². The van der Waals surface area contributed by atoms with Crippen molar-refractivity contribution in [2.24, 2.45) is 10.2 Å². The summed E-state index contributed by atoms with van der Waals surface area (Å²) in [4.78, 5) is 13.7. The van der Waals surface area contributed by atoms with Gasteiger partial charge in [-0.1, -0.05) is 0 Å². The number of hydrogen-bond acceptors (Lipinski definition) is 4. The number of rotatable bonds is 3. The van der Waals surface area contributed by atoms with Crippen molar-refractivity contribution in [2.75, 3.05) is 13.6 Å². The van der Waals surface area contributed by atoms with Gasteiger partial charge >= 0.3 is 0 Å². The van der Waals surface area contributed by atoms with Crippen LogP contribution < -0.4 is 0 Å². The maximum Gasteiger partial charge on any atom is 0.273 e. The zero-order chi connectivity index (χ0) is 9.56. The lowest BCUT2D eigenvalue weighted by molar-refractivity contribution is -0.113. The lowest BCUT2D eigenvalue weighted by Crippen LogP contribution is -2.00. The first-order chi connectivity index (χ1) is 5.63. The summed E-state index contributed by atoms with van der Waals surface area (Å²) in [6, 6.07) is 0. The average Bonchev–Trinajstić information content (AvgIpc) is 1.99. The van der Waals surface area contributed by atoms with E-state index in [0.29, 0.717) is 0 Å². The van der Waals surface area contributed by atoms with E-state index >= 15 is 0 Å². The van der Waals surface area contributed by atoms with Gasteiger partial charge in [0.1, 0.15) is 0 Å². The summed E-state index contributed by atoms with van der Waals surface area (Å²) >= 11 is 0. The number of carbonyl (C=O) groups excluding carboxylic acids is 1. The Kier molecular flexibility index (Phi) is 4.31. The average molecular weight is 167 g/mol. The highest BCUT2D eigenvalue weighted by molar-refractivity contribution is 5.93. The molecule has 0 unspecified atom stereocenters. The Hall–Kier alpha value is -1.70. The summed E-state index contributed by atoms with van der Waals surface area (Å²) in [5.41, 5.74) is -0.145. The van der Waals surface area contributed by atoms with Gasteiger partial charge in [0.25, 0.3) is 6.54 Å². The van der Waals surface area contributed by atoms with Crippen molar-refractivity contribution in [1.29, 1.82) is 0 Å². The fraction of sp³-hybridized carbons (Fsp3) is 0.429. The van der Waals surface area contributed by atoms with Crippen LogP contribution in [0.25, 0.3) is 4.85 Å². The Morgan fingerprint density at radius 1 is 1.67 bits per heavy atom. The van der Waals surface area contributed by atoms with Crippen molar-refractivity contribution in [3.63, 3.8) is 0 Å². The van der Waals surface area contributed by atoms with E-state index in [1.165, 1.54) is 14.0 Å². The molecule has 0 rings (SSSR count). The van der Waals surface area contributed by atoms with Gasteiger partial charge in [0.05, 0.1) is 0 Å². The molecule has 5 heteroatoms. The van der Waals surface area contributed by atoms with Crippen LogP contribution in [-0.4, -0.2) is 24.5 Å². The van der Waals surface area contributed by atoms with E-state index in [2.05, 4.69) is 15.1 Å². The topological polar surface area (TPSA) is 66.4 Å². The molecule has 0 aromatic heterocycles. The molecule has 0 fully saturated rings. The maximum absolute atomic E-state index is 10.8. The zero-order valence-corrected chi connectivity index (χ0v) is 6.90. The van der Waals surface area contributed by atoms with Gasteiger partial charge in [-0.3, -0.25) is 4.79 Å². The summed E-state index contributed by atoms with van der Waals surface area (Å²) in [5.74, 6) is -0.732. The monoisotopic (exact) mass is 167 g/mol. The van der Waals surface area contributed by atoms with E-state index in [1.54, 1.807) is 0 Å². The molecular weight excluding hydrogens is 158 g/mol. The number of hydrogen-bond donors (Lipinski definition) is 1. The lowest BCUT2D eigenvalue weighted by atomic mass is 10.3. The third kappa shape index (κ3) is 2.92. The van der Waals surface area contributed by atoms with Crippen LogP contribution in [0.15, 0.2) is 21.7 Å². The Morgan fingerprint density at radius 2 is 2.25 bits per heavy atom. The first-order valence-corrected chi connectivity index (χ1v) is 3.19. The first-order valence-electron chi connectivity index (χ1n) is 3.19. The molecular formula is C7H9N3O2. The van der Waals surface area contributed by atoms with Crippen molar-refractivity contribution in [1.82, 2.24) is 0 Å². The summed E-state index contributed by atoms with van der Waals surface area (Å²) in [6.07, 6.45) is 0. The minimum absolute atomic E-state index is 0.145. The Balaban J connectivity index is 4.82. The van der Waals surface area contributed by atoms with E-state index in [-0.39, 0.29) is 18.0 Å². The quantitative estimate of drug-likeness (QED) is 0.298. The Morgan fingerprint density at radius 3 is 2.58 bits per heavy atom. The van der Waals surface area contributed by atoms with E-state index < -0.39 is 5.78 Å². The van der Waals surface area contributed by atoms with Gasteiger partial charge in [0, 0.05) is 14.0 Å². The third-order valence-corrected chi connectivity index (χ3v) is 1.04. The van der Waals surface area contributed by atoms with Gasteiger partial charge in [0.15, 0.2) is 11.5 Å². The molecule has 0 bridgehead atoms. The fourth-order valence-corrected chi connectivity index (χ4v) is 0.581. The van der Waals surface area contributed by atoms with Crippen LogP contribution in [0.3, 0.4) is 0 Å².